The average Bonchev–Trinajstić information content (AvgIpc) is 2.60. The third kappa shape index (κ3) is 7.79. The van der Waals surface area contributed by atoms with Crippen LogP contribution in [0.2, 0.25) is 0 Å². The van der Waals surface area contributed by atoms with Gasteiger partial charge in [0.1, 0.15) is 17.9 Å². The number of rotatable bonds is 6. The highest BCUT2D eigenvalue weighted by atomic mass is 16.6. The smallest absolute Gasteiger partial charge is 0.441 e. The topological polar surface area (TPSA) is 89.4 Å². The van der Waals surface area contributed by atoms with Gasteiger partial charge in [0, 0.05) is 0 Å². The molecule has 0 bridgehead atoms. The van der Waals surface area contributed by atoms with Gasteiger partial charge < -0.3 is 14.8 Å². The minimum absolute atomic E-state index is 0.105. The lowest BCUT2D eigenvalue weighted by molar-refractivity contribution is -0.121. The number of carbonyl (C=O) groups excluding carboxylic acids is 2. The first kappa shape index (κ1) is 20.3. The van der Waals surface area contributed by atoms with Gasteiger partial charge in [-0.2, -0.15) is 0 Å². The number of nitrogens with zero attached hydrogens (tertiary/aromatic N) is 2. The molecular weight excluding hydrogens is 346 g/mol. The van der Waals surface area contributed by atoms with Crippen LogP contribution in [0, 0.1) is 0 Å². The zero-order valence-electron chi connectivity index (χ0n) is 15.6. The second-order valence-corrected chi connectivity index (χ2v) is 6.72. The Morgan fingerprint density at radius 3 is 2.37 bits per heavy atom. The minimum atomic E-state index is -0.796. The van der Waals surface area contributed by atoms with Gasteiger partial charge in [0.2, 0.25) is 5.91 Å². The molecule has 1 N–H and O–H groups in total. The summed E-state index contributed by atoms with van der Waals surface area (Å²) in [6.07, 6.45) is -0.796. The lowest BCUT2D eigenvalue weighted by Gasteiger charge is -2.16. The predicted molar refractivity (Wildman–Crippen MR) is 102 cm³/mol. The largest absolute Gasteiger partial charge is 0.452 e. The third-order valence-corrected chi connectivity index (χ3v) is 3.16. The first-order valence-electron chi connectivity index (χ1n) is 8.49. The Morgan fingerprint density at radius 1 is 1.00 bits per heavy atom. The van der Waals surface area contributed by atoms with Gasteiger partial charge in [-0.05, 0) is 38.5 Å². The summed E-state index contributed by atoms with van der Waals surface area (Å²) in [5, 5.41) is 10.1. The minimum Gasteiger partial charge on any atom is -0.441 e. The van der Waals surface area contributed by atoms with Crippen molar-refractivity contribution in [3.8, 4) is 0 Å². The molecule has 0 unspecified atom stereocenters. The highest BCUT2D eigenvalue weighted by Crippen LogP contribution is 2.25. The summed E-state index contributed by atoms with van der Waals surface area (Å²) in [6, 6.07) is 16.3. The maximum atomic E-state index is 12.1. The molecule has 0 aliphatic heterocycles. The van der Waals surface area contributed by atoms with Crippen LogP contribution in [-0.4, -0.2) is 24.2 Å². The summed E-state index contributed by atoms with van der Waals surface area (Å²) in [5.74, 6) is -0.328. The molecule has 0 saturated heterocycles. The van der Waals surface area contributed by atoms with Crippen LogP contribution in [0.5, 0.6) is 0 Å². The summed E-state index contributed by atoms with van der Waals surface area (Å²) >= 11 is 0. The molecule has 0 aliphatic carbocycles. The molecular formula is C20H23N3O4. The highest BCUT2D eigenvalue weighted by Gasteiger charge is 2.16. The summed E-state index contributed by atoms with van der Waals surface area (Å²) in [4.78, 5) is 23.7. The maximum Gasteiger partial charge on any atom is 0.452 e. The van der Waals surface area contributed by atoms with Crippen molar-refractivity contribution in [1.82, 2.24) is 0 Å². The monoisotopic (exact) mass is 369 g/mol. The summed E-state index contributed by atoms with van der Waals surface area (Å²) in [7, 11) is 0. The van der Waals surface area contributed by atoms with Gasteiger partial charge in [-0.1, -0.05) is 47.6 Å². The van der Waals surface area contributed by atoms with Crippen LogP contribution in [0.15, 0.2) is 64.8 Å². The Labute approximate surface area is 158 Å². The van der Waals surface area contributed by atoms with Crippen molar-refractivity contribution in [2.24, 2.45) is 10.2 Å². The molecule has 2 aromatic carbocycles. The summed E-state index contributed by atoms with van der Waals surface area (Å²) < 4.78 is 10.5. The fourth-order valence-corrected chi connectivity index (χ4v) is 2.07. The number of hydrogen-bond acceptors (Lipinski definition) is 5. The number of nitrogens with one attached hydrogen (secondary N) is 1. The normalized spacial score (nSPS) is 11.4. The van der Waals surface area contributed by atoms with Crippen molar-refractivity contribution in [3.05, 3.63) is 60.2 Å². The van der Waals surface area contributed by atoms with E-state index in [0.29, 0.717) is 18.0 Å². The number of para-hydroxylation sites is 1. The van der Waals surface area contributed by atoms with Gasteiger partial charge in [-0.15, -0.1) is 5.11 Å². The van der Waals surface area contributed by atoms with Crippen LogP contribution in [0.1, 0.15) is 26.3 Å². The van der Waals surface area contributed by atoms with Gasteiger partial charge in [-0.3, -0.25) is 4.79 Å². The van der Waals surface area contributed by atoms with Gasteiger partial charge in [-0.25, -0.2) is 4.79 Å². The van der Waals surface area contributed by atoms with Crippen LogP contribution in [0.25, 0.3) is 0 Å². The van der Waals surface area contributed by atoms with Gasteiger partial charge in [0.25, 0.3) is 0 Å². The van der Waals surface area contributed by atoms with Crippen LogP contribution in [-0.2, 0) is 20.9 Å². The van der Waals surface area contributed by atoms with Gasteiger partial charge in [0.15, 0.2) is 0 Å². The number of ether oxygens (including phenoxy) is 2. The predicted octanol–water partition coefficient (Wildman–Crippen LogP) is 4.86. The number of hydrogen-bond donors (Lipinski definition) is 1. The van der Waals surface area contributed by atoms with Crippen molar-refractivity contribution in [2.75, 3.05) is 11.9 Å². The zero-order chi connectivity index (χ0) is 19.7. The van der Waals surface area contributed by atoms with Crippen molar-refractivity contribution in [2.45, 2.75) is 33.0 Å². The van der Waals surface area contributed by atoms with Crippen molar-refractivity contribution < 1.29 is 19.1 Å². The molecule has 0 atom stereocenters. The number of azo groups is 1. The molecule has 2 amide bonds. The Hall–Kier alpha value is -3.06. The Kier molecular flexibility index (Phi) is 7.19. The quantitative estimate of drug-likeness (QED) is 0.736. The molecule has 0 radical (unpaired) electrons. The van der Waals surface area contributed by atoms with E-state index in [1.54, 1.807) is 45.0 Å². The van der Waals surface area contributed by atoms with E-state index in [1.165, 1.54) is 0 Å². The number of amides is 2. The molecule has 0 heterocycles. The molecule has 0 aliphatic rings. The first-order valence-corrected chi connectivity index (χ1v) is 8.49. The van der Waals surface area contributed by atoms with Crippen LogP contribution in [0.4, 0.5) is 16.2 Å². The van der Waals surface area contributed by atoms with Gasteiger partial charge >= 0.3 is 6.09 Å². The molecule has 0 fully saturated rings. The van der Waals surface area contributed by atoms with Crippen molar-refractivity contribution in [1.29, 1.82) is 0 Å². The SMILES string of the molecule is CC(C)(C)OC(=O)N=Nc1ccccc1NC(=O)COCc1ccccc1. The molecule has 27 heavy (non-hydrogen) atoms. The molecule has 0 aromatic heterocycles. The molecule has 2 rings (SSSR count). The van der Waals surface area contributed by atoms with E-state index in [9.17, 15) is 9.59 Å². The van der Waals surface area contributed by atoms with Crippen molar-refractivity contribution >= 4 is 23.4 Å². The summed E-state index contributed by atoms with van der Waals surface area (Å²) in [5.41, 5.74) is 1.11. The second kappa shape index (κ2) is 9.59. The first-order chi connectivity index (χ1) is 12.8. The average molecular weight is 369 g/mol. The van der Waals surface area contributed by atoms with Crippen LogP contribution in [0.3, 0.4) is 0 Å². The van der Waals surface area contributed by atoms with Crippen LogP contribution >= 0.6 is 0 Å². The maximum absolute atomic E-state index is 12.1. The van der Waals surface area contributed by atoms with Crippen molar-refractivity contribution in [3.63, 3.8) is 0 Å². The standard InChI is InChI=1S/C20H23N3O4/c1-20(2,3)27-19(25)23-22-17-12-8-7-11-16(17)21-18(24)14-26-13-15-9-5-4-6-10-15/h4-12H,13-14H2,1-3H3,(H,21,24). The molecule has 7 heteroatoms. The third-order valence-electron chi connectivity index (χ3n) is 3.16. The number of carbonyl (C=O) groups is 2. The van der Waals surface area contributed by atoms with Gasteiger partial charge in [0.05, 0.1) is 12.3 Å². The fraction of sp³-hybridized carbons (Fsp3) is 0.300. The zero-order valence-corrected chi connectivity index (χ0v) is 15.6. The second-order valence-electron chi connectivity index (χ2n) is 6.72. The van der Waals surface area contributed by atoms with E-state index in [1.807, 2.05) is 30.3 Å². The molecule has 7 nitrogen and oxygen atoms in total. The highest BCUT2D eigenvalue weighted by molar-refractivity contribution is 5.94. The lowest BCUT2D eigenvalue weighted by Crippen LogP contribution is -2.21. The van der Waals surface area contributed by atoms with E-state index in [-0.39, 0.29) is 12.5 Å². The molecule has 142 valence electrons. The number of benzene rings is 2. The molecule has 0 saturated carbocycles. The Bertz CT molecular complexity index is 798. The van der Waals surface area contributed by atoms with E-state index in [4.69, 9.17) is 9.47 Å². The number of anilines is 1. The molecule has 2 aromatic rings. The van der Waals surface area contributed by atoms with Crippen LogP contribution < -0.4 is 5.32 Å². The van der Waals surface area contributed by atoms with E-state index < -0.39 is 11.7 Å². The lowest BCUT2D eigenvalue weighted by atomic mass is 10.2. The Balaban J connectivity index is 1.90. The fourth-order valence-electron chi connectivity index (χ4n) is 2.07. The Morgan fingerprint density at radius 2 is 1.67 bits per heavy atom. The molecule has 0 spiro atoms. The van der Waals surface area contributed by atoms with E-state index >= 15 is 0 Å². The van der Waals surface area contributed by atoms with E-state index in [0.717, 1.165) is 5.56 Å². The summed E-state index contributed by atoms with van der Waals surface area (Å²) in [6.45, 7) is 5.46. The van der Waals surface area contributed by atoms with E-state index in [2.05, 4.69) is 15.5 Å².